The number of rotatable bonds is 4. The highest BCUT2D eigenvalue weighted by atomic mass is 35.5. The molecule has 0 spiro atoms. The Morgan fingerprint density at radius 1 is 1.14 bits per heavy atom. The van der Waals surface area contributed by atoms with Gasteiger partial charge in [0.05, 0.1) is 10.6 Å². The Labute approximate surface area is 131 Å². The van der Waals surface area contributed by atoms with Crippen LogP contribution in [0.15, 0.2) is 48.5 Å². The smallest absolute Gasteiger partial charge is 0.293 e. The van der Waals surface area contributed by atoms with Crippen LogP contribution in [0, 0.1) is 0 Å². The van der Waals surface area contributed by atoms with Gasteiger partial charge in [-0.3, -0.25) is 4.79 Å². The molecule has 1 unspecified atom stereocenters. The number of Topliss-reactive ketones (excluding diaryl/α,β-unsaturated/α-hetero) is 1. The van der Waals surface area contributed by atoms with Gasteiger partial charge in [0, 0.05) is 11.5 Å². The summed E-state index contributed by atoms with van der Waals surface area (Å²) >= 11 is 5.68. The third kappa shape index (κ3) is 3.50. The second-order valence-electron chi connectivity index (χ2n) is 4.93. The Hall–Kier alpha value is -1.81. The van der Waals surface area contributed by atoms with Gasteiger partial charge in [0.15, 0.2) is 5.78 Å². The quantitative estimate of drug-likeness (QED) is 0.655. The number of benzene rings is 2. The zero-order chi connectivity index (χ0) is 16.3. The van der Waals surface area contributed by atoms with E-state index in [1.165, 1.54) is 6.07 Å². The molecule has 0 aromatic heterocycles. The second-order valence-corrected chi connectivity index (χ2v) is 5.34. The number of hydrogen-bond acceptors (Lipinski definition) is 1. The Balaban J connectivity index is 2.35. The molecule has 0 radical (unpaired) electrons. The maximum absolute atomic E-state index is 12.7. The number of carbonyl (C=O) groups is 1. The highest BCUT2D eigenvalue weighted by Gasteiger charge is 2.33. The molecule has 1 nitrogen and oxygen atoms in total. The van der Waals surface area contributed by atoms with E-state index in [1.807, 2.05) is 37.3 Å². The first-order chi connectivity index (χ1) is 10.3. The minimum Gasteiger partial charge on any atom is -0.293 e. The average molecular weight is 327 g/mol. The fourth-order valence-electron chi connectivity index (χ4n) is 2.36. The molecule has 0 aliphatic heterocycles. The summed E-state index contributed by atoms with van der Waals surface area (Å²) in [6.45, 7) is 1.86. The van der Waals surface area contributed by atoms with Crippen molar-refractivity contribution < 1.29 is 18.0 Å². The molecule has 22 heavy (non-hydrogen) atoms. The molecule has 0 heterocycles. The van der Waals surface area contributed by atoms with Gasteiger partial charge in [-0.25, -0.2) is 0 Å². The lowest BCUT2D eigenvalue weighted by atomic mass is 9.88. The maximum Gasteiger partial charge on any atom is 0.417 e. The van der Waals surface area contributed by atoms with Crippen molar-refractivity contribution in [3.63, 3.8) is 0 Å². The topological polar surface area (TPSA) is 17.1 Å². The predicted octanol–water partition coefficient (Wildman–Crippen LogP) is 5.74. The first-order valence-electron chi connectivity index (χ1n) is 6.80. The van der Waals surface area contributed by atoms with E-state index >= 15 is 0 Å². The summed E-state index contributed by atoms with van der Waals surface area (Å²) in [5, 5.41) is -0.457. The molecule has 0 saturated carbocycles. The molecular formula is C17H14ClF3O. The summed E-state index contributed by atoms with van der Waals surface area (Å²) in [5.74, 6) is -0.627. The number of alkyl halides is 3. The summed E-state index contributed by atoms with van der Waals surface area (Å²) < 4.78 is 38.1. The lowest BCUT2D eigenvalue weighted by Gasteiger charge is -2.15. The Bertz CT molecular complexity index is 665. The molecule has 5 heteroatoms. The van der Waals surface area contributed by atoms with E-state index in [9.17, 15) is 18.0 Å². The van der Waals surface area contributed by atoms with Crippen LogP contribution in [-0.2, 0) is 6.18 Å². The van der Waals surface area contributed by atoms with Gasteiger partial charge in [-0.05, 0) is 24.1 Å². The molecule has 2 aromatic rings. The number of carbonyl (C=O) groups excluding carboxylic acids is 1. The number of hydrogen-bond donors (Lipinski definition) is 0. The van der Waals surface area contributed by atoms with Gasteiger partial charge < -0.3 is 0 Å². The minimum absolute atomic E-state index is 0.189. The summed E-state index contributed by atoms with van der Waals surface area (Å²) in [5.41, 5.74) is 0.0956. The van der Waals surface area contributed by atoms with Crippen LogP contribution in [0.3, 0.4) is 0 Å². The van der Waals surface area contributed by atoms with Gasteiger partial charge in [0.25, 0.3) is 0 Å². The predicted molar refractivity (Wildman–Crippen MR) is 80.3 cm³/mol. The molecule has 0 fully saturated rings. The molecule has 0 amide bonds. The van der Waals surface area contributed by atoms with Crippen LogP contribution in [-0.4, -0.2) is 5.78 Å². The van der Waals surface area contributed by atoms with Gasteiger partial charge in [-0.2, -0.15) is 13.2 Å². The molecule has 0 saturated heterocycles. The van der Waals surface area contributed by atoms with Crippen molar-refractivity contribution in [1.29, 1.82) is 0 Å². The zero-order valence-corrected chi connectivity index (χ0v) is 12.6. The van der Waals surface area contributed by atoms with Crippen LogP contribution < -0.4 is 0 Å². The molecule has 2 aromatic carbocycles. The average Bonchev–Trinajstić information content (AvgIpc) is 2.47. The molecule has 2 rings (SSSR count). The fourth-order valence-corrected chi connectivity index (χ4v) is 2.64. The van der Waals surface area contributed by atoms with Crippen LogP contribution in [0.5, 0.6) is 0 Å². The summed E-state index contributed by atoms with van der Waals surface area (Å²) in [7, 11) is 0. The third-order valence-electron chi connectivity index (χ3n) is 3.49. The van der Waals surface area contributed by atoms with Crippen LogP contribution in [0.4, 0.5) is 13.2 Å². The molecule has 116 valence electrons. The Morgan fingerprint density at radius 3 is 2.27 bits per heavy atom. The molecular weight excluding hydrogens is 313 g/mol. The van der Waals surface area contributed by atoms with Crippen LogP contribution in [0.25, 0.3) is 0 Å². The Morgan fingerprint density at radius 2 is 1.77 bits per heavy atom. The Kier molecular flexibility index (Phi) is 4.91. The van der Waals surface area contributed by atoms with E-state index in [-0.39, 0.29) is 11.3 Å². The highest BCUT2D eigenvalue weighted by molar-refractivity contribution is 6.31. The maximum atomic E-state index is 12.7. The number of ketones is 1. The largest absolute Gasteiger partial charge is 0.417 e. The molecule has 1 atom stereocenters. The third-order valence-corrected chi connectivity index (χ3v) is 3.80. The van der Waals surface area contributed by atoms with Crippen molar-refractivity contribution >= 4 is 17.4 Å². The van der Waals surface area contributed by atoms with Crippen LogP contribution in [0.2, 0.25) is 5.02 Å². The van der Waals surface area contributed by atoms with Crippen LogP contribution in [0.1, 0.15) is 40.7 Å². The normalized spacial score (nSPS) is 13.0. The summed E-state index contributed by atoms with van der Waals surface area (Å²) in [4.78, 5) is 12.5. The lowest BCUT2D eigenvalue weighted by molar-refractivity contribution is -0.137. The van der Waals surface area contributed by atoms with E-state index in [0.717, 1.165) is 17.7 Å². The standard InChI is InChI=1S/C17H14ClF3O/c1-2-13(11-6-4-3-5-7-11)16(22)12-8-9-14(15(18)10-12)17(19,20)21/h3-10,13H,2H2,1H3. The van der Waals surface area contributed by atoms with E-state index in [1.54, 1.807) is 0 Å². The minimum atomic E-state index is -4.53. The zero-order valence-electron chi connectivity index (χ0n) is 11.8. The monoisotopic (exact) mass is 326 g/mol. The van der Waals surface area contributed by atoms with Gasteiger partial charge in [0.2, 0.25) is 0 Å². The first kappa shape index (κ1) is 16.6. The van der Waals surface area contributed by atoms with E-state index in [2.05, 4.69) is 0 Å². The SMILES string of the molecule is CCC(C(=O)c1ccc(C(F)(F)F)c(Cl)c1)c1ccccc1. The lowest BCUT2D eigenvalue weighted by Crippen LogP contribution is -2.13. The van der Waals surface area contributed by atoms with E-state index in [0.29, 0.717) is 6.42 Å². The van der Waals surface area contributed by atoms with E-state index < -0.39 is 22.7 Å². The van der Waals surface area contributed by atoms with Crippen molar-refractivity contribution in [3.05, 3.63) is 70.2 Å². The van der Waals surface area contributed by atoms with Crippen molar-refractivity contribution in [3.8, 4) is 0 Å². The summed E-state index contributed by atoms with van der Waals surface area (Å²) in [6.07, 6.45) is -3.97. The van der Waals surface area contributed by atoms with E-state index in [4.69, 9.17) is 11.6 Å². The molecule has 0 bridgehead atoms. The van der Waals surface area contributed by atoms with Crippen molar-refractivity contribution in [2.45, 2.75) is 25.4 Å². The molecule has 0 aliphatic rings. The fraction of sp³-hybridized carbons (Fsp3) is 0.235. The second kappa shape index (κ2) is 6.53. The van der Waals surface area contributed by atoms with Crippen molar-refractivity contribution in [2.75, 3.05) is 0 Å². The van der Waals surface area contributed by atoms with Gasteiger partial charge >= 0.3 is 6.18 Å². The molecule has 0 N–H and O–H groups in total. The van der Waals surface area contributed by atoms with Crippen LogP contribution >= 0.6 is 11.6 Å². The number of halogens is 4. The molecule has 0 aliphatic carbocycles. The first-order valence-corrected chi connectivity index (χ1v) is 7.18. The van der Waals surface area contributed by atoms with Crippen molar-refractivity contribution in [1.82, 2.24) is 0 Å². The van der Waals surface area contributed by atoms with Gasteiger partial charge in [-0.15, -0.1) is 0 Å². The van der Waals surface area contributed by atoms with Gasteiger partial charge in [-0.1, -0.05) is 54.9 Å². The van der Waals surface area contributed by atoms with Gasteiger partial charge in [0.1, 0.15) is 0 Å². The highest BCUT2D eigenvalue weighted by Crippen LogP contribution is 2.36. The van der Waals surface area contributed by atoms with Crippen molar-refractivity contribution in [2.24, 2.45) is 0 Å². The summed E-state index contributed by atoms with van der Waals surface area (Å²) in [6, 6.07) is 12.3.